The average molecular weight is 458 g/mol. The lowest BCUT2D eigenvalue weighted by molar-refractivity contribution is -0.125. The van der Waals surface area contributed by atoms with Gasteiger partial charge in [0.15, 0.2) is 6.61 Å². The molecule has 0 unspecified atom stereocenters. The van der Waals surface area contributed by atoms with Crippen molar-refractivity contribution in [2.45, 2.75) is 39.7 Å². The number of rotatable bonds is 7. The van der Waals surface area contributed by atoms with Gasteiger partial charge in [0.2, 0.25) is 0 Å². The topological polar surface area (TPSA) is 99.1 Å². The molecule has 0 atom stereocenters. The zero-order chi connectivity index (χ0) is 24.0. The molecule has 1 aromatic heterocycles. The zero-order valence-electron chi connectivity index (χ0n) is 19.6. The number of amides is 2. The van der Waals surface area contributed by atoms with Crippen LogP contribution in [0.3, 0.4) is 0 Å². The average Bonchev–Trinajstić information content (AvgIpc) is 3.12. The van der Waals surface area contributed by atoms with Gasteiger partial charge in [0.1, 0.15) is 5.75 Å². The van der Waals surface area contributed by atoms with E-state index in [-0.39, 0.29) is 24.6 Å². The molecule has 0 bridgehead atoms. The largest absolute Gasteiger partial charge is 0.497 e. The number of nitrogens with one attached hydrogen (secondary N) is 1. The molecular weight excluding hydrogens is 426 g/mol. The highest BCUT2D eigenvalue weighted by Crippen LogP contribution is 2.23. The van der Waals surface area contributed by atoms with E-state index >= 15 is 0 Å². The minimum Gasteiger partial charge on any atom is -0.497 e. The van der Waals surface area contributed by atoms with Crippen LogP contribution in [0.1, 0.15) is 41.5 Å². The summed E-state index contributed by atoms with van der Waals surface area (Å²) in [6.45, 7) is 6.52. The summed E-state index contributed by atoms with van der Waals surface area (Å²) in [5.74, 6) is -0.157. The van der Waals surface area contributed by atoms with Crippen LogP contribution in [0.25, 0.3) is 5.69 Å². The molecule has 178 valence electrons. The molecule has 1 fully saturated rings. The SMILES string of the molecule is CCOC(=O)N1CCC(NC(=O)COC(=O)c2cc(C)n(-c3ccc(OC)cc3)c2C)CC1. The summed E-state index contributed by atoms with van der Waals surface area (Å²) >= 11 is 0. The Morgan fingerprint density at radius 1 is 1.06 bits per heavy atom. The number of hydrogen-bond donors (Lipinski definition) is 1. The van der Waals surface area contributed by atoms with Crippen LogP contribution < -0.4 is 10.1 Å². The third-order valence-electron chi connectivity index (χ3n) is 5.70. The molecule has 33 heavy (non-hydrogen) atoms. The molecule has 1 aliphatic heterocycles. The fraction of sp³-hybridized carbons (Fsp3) is 0.458. The summed E-state index contributed by atoms with van der Waals surface area (Å²) < 4.78 is 17.4. The van der Waals surface area contributed by atoms with Crippen molar-refractivity contribution in [1.29, 1.82) is 0 Å². The van der Waals surface area contributed by atoms with Crippen molar-refractivity contribution >= 4 is 18.0 Å². The van der Waals surface area contributed by atoms with Crippen molar-refractivity contribution in [3.8, 4) is 11.4 Å². The highest BCUT2D eigenvalue weighted by atomic mass is 16.6. The summed E-state index contributed by atoms with van der Waals surface area (Å²) in [5.41, 5.74) is 2.92. The second-order valence-electron chi connectivity index (χ2n) is 7.92. The van der Waals surface area contributed by atoms with Gasteiger partial charge in [-0.2, -0.15) is 0 Å². The van der Waals surface area contributed by atoms with Crippen molar-refractivity contribution in [2.24, 2.45) is 0 Å². The highest BCUT2D eigenvalue weighted by molar-refractivity contribution is 5.93. The number of aromatic nitrogens is 1. The number of aryl methyl sites for hydroxylation is 1. The van der Waals surface area contributed by atoms with Crippen LogP contribution in [0, 0.1) is 13.8 Å². The number of benzene rings is 1. The Labute approximate surface area is 193 Å². The van der Waals surface area contributed by atoms with Crippen molar-refractivity contribution in [1.82, 2.24) is 14.8 Å². The van der Waals surface area contributed by atoms with Gasteiger partial charge < -0.3 is 29.0 Å². The Morgan fingerprint density at radius 2 is 1.73 bits per heavy atom. The van der Waals surface area contributed by atoms with Crippen molar-refractivity contribution in [2.75, 3.05) is 33.4 Å². The molecular formula is C24H31N3O6. The summed E-state index contributed by atoms with van der Waals surface area (Å²) in [6, 6.07) is 9.22. The minimum atomic E-state index is -0.546. The van der Waals surface area contributed by atoms with Crippen LogP contribution in [0.2, 0.25) is 0 Å². The number of carbonyl (C=O) groups is 3. The van der Waals surface area contributed by atoms with Gasteiger partial charge in [-0.15, -0.1) is 0 Å². The van der Waals surface area contributed by atoms with Gasteiger partial charge in [0, 0.05) is 36.2 Å². The first kappa shape index (κ1) is 24.2. The van der Waals surface area contributed by atoms with Crippen molar-refractivity contribution < 1.29 is 28.6 Å². The van der Waals surface area contributed by atoms with E-state index in [1.165, 1.54) is 0 Å². The molecule has 1 aromatic carbocycles. The van der Waals surface area contributed by atoms with Crippen molar-refractivity contribution in [3.63, 3.8) is 0 Å². The summed E-state index contributed by atoms with van der Waals surface area (Å²) in [4.78, 5) is 38.3. The van der Waals surface area contributed by atoms with E-state index < -0.39 is 5.97 Å². The number of hydrogen-bond acceptors (Lipinski definition) is 6. The van der Waals surface area contributed by atoms with E-state index in [4.69, 9.17) is 14.2 Å². The van der Waals surface area contributed by atoms with Crippen LogP contribution in [-0.4, -0.2) is 66.9 Å². The fourth-order valence-corrected chi connectivity index (χ4v) is 4.00. The first-order valence-corrected chi connectivity index (χ1v) is 11.1. The first-order valence-electron chi connectivity index (χ1n) is 11.1. The summed E-state index contributed by atoms with van der Waals surface area (Å²) in [7, 11) is 1.61. The molecule has 2 aromatic rings. The van der Waals surface area contributed by atoms with E-state index in [0.717, 1.165) is 22.8 Å². The third-order valence-corrected chi connectivity index (χ3v) is 5.70. The Bertz CT molecular complexity index is 990. The summed E-state index contributed by atoms with van der Waals surface area (Å²) in [6.07, 6.45) is 0.923. The number of piperidine rings is 1. The van der Waals surface area contributed by atoms with Gasteiger partial charge >= 0.3 is 12.1 Å². The number of nitrogens with zero attached hydrogens (tertiary/aromatic N) is 2. The van der Waals surface area contributed by atoms with Gasteiger partial charge in [-0.05, 0) is 63.9 Å². The molecule has 9 heteroatoms. The highest BCUT2D eigenvalue weighted by Gasteiger charge is 2.25. The van der Waals surface area contributed by atoms with Gasteiger partial charge in [0.05, 0.1) is 19.3 Å². The molecule has 1 saturated heterocycles. The lowest BCUT2D eigenvalue weighted by Crippen LogP contribution is -2.47. The van der Waals surface area contributed by atoms with Crippen LogP contribution in [0.4, 0.5) is 4.79 Å². The van der Waals surface area contributed by atoms with E-state index in [2.05, 4.69) is 5.32 Å². The molecule has 2 amide bonds. The molecule has 0 radical (unpaired) electrons. The molecule has 0 saturated carbocycles. The van der Waals surface area contributed by atoms with E-state index in [1.54, 1.807) is 25.0 Å². The first-order chi connectivity index (χ1) is 15.8. The Hall–Kier alpha value is -3.49. The maximum absolute atomic E-state index is 12.6. The number of likely N-dealkylation sites (tertiary alicyclic amines) is 1. The van der Waals surface area contributed by atoms with E-state index in [1.807, 2.05) is 42.7 Å². The number of ether oxygens (including phenoxy) is 3. The van der Waals surface area contributed by atoms with Crippen LogP contribution >= 0.6 is 0 Å². The third kappa shape index (κ3) is 5.85. The molecule has 0 spiro atoms. The predicted octanol–water partition coefficient (Wildman–Crippen LogP) is 3.00. The van der Waals surface area contributed by atoms with E-state index in [0.29, 0.717) is 38.1 Å². The summed E-state index contributed by atoms with van der Waals surface area (Å²) in [5, 5.41) is 2.87. The standard InChI is InChI=1S/C24H31N3O6/c1-5-32-24(30)26-12-10-18(11-13-26)25-22(28)15-33-23(29)21-14-16(2)27(17(21)3)19-6-8-20(31-4)9-7-19/h6-9,14,18H,5,10-13,15H2,1-4H3,(H,25,28). The Kier molecular flexibility index (Phi) is 7.97. The Morgan fingerprint density at radius 3 is 2.33 bits per heavy atom. The van der Waals surface area contributed by atoms with Gasteiger partial charge in [-0.1, -0.05) is 0 Å². The minimum absolute atomic E-state index is 0.0676. The molecule has 9 nitrogen and oxygen atoms in total. The number of methoxy groups -OCH3 is 1. The maximum atomic E-state index is 12.6. The normalized spacial score (nSPS) is 14.0. The maximum Gasteiger partial charge on any atom is 0.409 e. The van der Waals surface area contributed by atoms with E-state index in [9.17, 15) is 14.4 Å². The predicted molar refractivity (Wildman–Crippen MR) is 122 cm³/mol. The lowest BCUT2D eigenvalue weighted by atomic mass is 10.1. The second-order valence-corrected chi connectivity index (χ2v) is 7.92. The molecule has 1 N–H and O–H groups in total. The Balaban J connectivity index is 1.52. The van der Waals surface area contributed by atoms with Crippen LogP contribution in [-0.2, 0) is 14.3 Å². The van der Waals surface area contributed by atoms with Crippen molar-refractivity contribution in [3.05, 3.63) is 47.3 Å². The molecule has 3 rings (SSSR count). The molecule has 0 aliphatic carbocycles. The quantitative estimate of drug-likeness (QED) is 0.642. The monoisotopic (exact) mass is 457 g/mol. The fourth-order valence-electron chi connectivity index (χ4n) is 4.00. The number of esters is 1. The molecule has 2 heterocycles. The lowest BCUT2D eigenvalue weighted by Gasteiger charge is -2.31. The second kappa shape index (κ2) is 10.9. The molecule has 1 aliphatic rings. The van der Waals surface area contributed by atoms with Gasteiger partial charge in [-0.25, -0.2) is 9.59 Å². The van der Waals surface area contributed by atoms with Crippen LogP contribution in [0.5, 0.6) is 5.75 Å². The van der Waals surface area contributed by atoms with Crippen LogP contribution in [0.15, 0.2) is 30.3 Å². The number of carbonyl (C=O) groups excluding carboxylic acids is 3. The zero-order valence-corrected chi connectivity index (χ0v) is 19.6. The van der Waals surface area contributed by atoms with Gasteiger partial charge in [-0.3, -0.25) is 4.79 Å². The van der Waals surface area contributed by atoms with Gasteiger partial charge in [0.25, 0.3) is 5.91 Å². The smallest absolute Gasteiger partial charge is 0.409 e.